The number of hydrogen-bond donors (Lipinski definition) is 3. The maximum absolute atomic E-state index is 13.1. The van der Waals surface area contributed by atoms with Crippen molar-refractivity contribution in [3.05, 3.63) is 70.8 Å². The maximum atomic E-state index is 13.1. The summed E-state index contributed by atoms with van der Waals surface area (Å²) in [6.45, 7) is 0.501. The molecule has 2 heterocycles. The predicted octanol–water partition coefficient (Wildman–Crippen LogP) is 0.910. The summed E-state index contributed by atoms with van der Waals surface area (Å²) in [6.07, 6.45) is 0.256. The molecule has 4 rings (SSSR count). The number of aliphatic hydroxyl groups excluding tert-OH is 1. The Kier molecular flexibility index (Phi) is 6.40. The van der Waals surface area contributed by atoms with Crippen LogP contribution in [0.3, 0.4) is 0 Å². The van der Waals surface area contributed by atoms with Crippen LogP contribution in [0.4, 0.5) is 4.39 Å². The number of halogens is 2. The number of nitrogens with zero attached hydrogens (tertiary/aromatic N) is 5. The van der Waals surface area contributed by atoms with Crippen molar-refractivity contribution in [1.29, 1.82) is 0 Å². The van der Waals surface area contributed by atoms with E-state index in [1.54, 1.807) is 18.2 Å². The van der Waals surface area contributed by atoms with Gasteiger partial charge in [0.15, 0.2) is 6.10 Å². The molecule has 1 saturated heterocycles. The van der Waals surface area contributed by atoms with E-state index in [4.69, 9.17) is 11.6 Å². The van der Waals surface area contributed by atoms with Gasteiger partial charge in [-0.15, -0.1) is 5.10 Å². The Morgan fingerprint density at radius 3 is 2.78 bits per heavy atom. The zero-order chi connectivity index (χ0) is 22.7. The summed E-state index contributed by atoms with van der Waals surface area (Å²) >= 11 is 6.10. The van der Waals surface area contributed by atoms with E-state index in [-0.39, 0.29) is 12.1 Å². The Morgan fingerprint density at radius 1 is 1.28 bits per heavy atom. The van der Waals surface area contributed by atoms with Crippen LogP contribution in [0.2, 0.25) is 5.02 Å². The van der Waals surface area contributed by atoms with Crippen molar-refractivity contribution in [2.45, 2.75) is 25.1 Å². The highest BCUT2D eigenvalue weighted by Gasteiger charge is 2.37. The maximum Gasteiger partial charge on any atom is 0.270 e. The third-order valence-electron chi connectivity index (χ3n) is 5.06. The van der Waals surface area contributed by atoms with Gasteiger partial charge in [-0.3, -0.25) is 14.6 Å². The number of nitrogens with one attached hydrogen (secondary N) is 2. The molecule has 0 aliphatic carbocycles. The van der Waals surface area contributed by atoms with Crippen molar-refractivity contribution in [2.75, 3.05) is 6.54 Å². The van der Waals surface area contributed by atoms with E-state index in [0.717, 1.165) is 17.1 Å². The van der Waals surface area contributed by atoms with Crippen LogP contribution in [-0.2, 0) is 16.1 Å². The smallest absolute Gasteiger partial charge is 0.270 e. The van der Waals surface area contributed by atoms with Crippen LogP contribution in [0.5, 0.6) is 0 Å². The minimum atomic E-state index is -1.53. The molecule has 1 fully saturated rings. The van der Waals surface area contributed by atoms with Gasteiger partial charge in [-0.05, 0) is 58.3 Å². The molecule has 0 bridgehead atoms. The molecule has 2 aromatic carbocycles. The third kappa shape index (κ3) is 4.59. The standard InChI is InChI=1S/C20H19ClFN7O3/c21-14-3-6-16(28-11-24-26-27-28)13(9-14)10-23-19(31)17-7-8-25-29(17)20(32)18(30)12-1-4-15(22)5-2-12/h1-6,9,11,17-18,25,30H,7-8,10H2,(H,23,31)/t17-,18+/m0/s1. The molecule has 0 radical (unpaired) electrons. The number of aliphatic hydroxyl groups is 1. The normalized spacial score (nSPS) is 16.7. The van der Waals surface area contributed by atoms with Gasteiger partial charge in [-0.2, -0.15) is 0 Å². The number of amides is 2. The summed E-state index contributed by atoms with van der Waals surface area (Å²) in [5.74, 6) is -1.59. The van der Waals surface area contributed by atoms with E-state index in [1.807, 2.05) is 0 Å². The lowest BCUT2D eigenvalue weighted by molar-refractivity contribution is -0.148. The number of carbonyl (C=O) groups excluding carboxylic acids is 2. The summed E-state index contributed by atoms with van der Waals surface area (Å²) in [6, 6.07) is 9.22. The van der Waals surface area contributed by atoms with Crippen LogP contribution >= 0.6 is 11.6 Å². The fourth-order valence-corrected chi connectivity index (χ4v) is 3.65. The first kappa shape index (κ1) is 21.8. The molecule has 32 heavy (non-hydrogen) atoms. The van der Waals surface area contributed by atoms with Crippen molar-refractivity contribution >= 4 is 23.4 Å². The lowest BCUT2D eigenvalue weighted by atomic mass is 10.1. The zero-order valence-corrected chi connectivity index (χ0v) is 17.4. The Morgan fingerprint density at radius 2 is 2.06 bits per heavy atom. The van der Waals surface area contributed by atoms with Crippen LogP contribution in [0, 0.1) is 5.82 Å². The molecule has 1 aliphatic heterocycles. The topological polar surface area (TPSA) is 125 Å². The van der Waals surface area contributed by atoms with Gasteiger partial charge < -0.3 is 10.4 Å². The summed E-state index contributed by atoms with van der Waals surface area (Å²) in [7, 11) is 0. The first-order chi connectivity index (χ1) is 15.4. The summed E-state index contributed by atoms with van der Waals surface area (Å²) < 4.78 is 14.6. The van der Waals surface area contributed by atoms with Gasteiger partial charge in [0.2, 0.25) is 5.91 Å². The lowest BCUT2D eigenvalue weighted by Crippen LogP contribution is -2.51. The van der Waals surface area contributed by atoms with Crippen molar-refractivity contribution in [3.8, 4) is 5.69 Å². The number of hydrazine groups is 1. The molecule has 3 aromatic rings. The molecular weight excluding hydrogens is 441 g/mol. The Hall–Kier alpha value is -3.41. The Balaban J connectivity index is 1.45. The predicted molar refractivity (Wildman–Crippen MR) is 111 cm³/mol. The summed E-state index contributed by atoms with van der Waals surface area (Å²) in [4.78, 5) is 25.6. The SMILES string of the molecule is O=C(NCc1cc(Cl)ccc1-n1cnnn1)[C@@H]1CCNN1C(=O)[C@H](O)c1ccc(F)cc1. The first-order valence-corrected chi connectivity index (χ1v) is 10.1. The molecule has 0 saturated carbocycles. The molecule has 12 heteroatoms. The molecule has 2 atom stereocenters. The van der Waals surface area contributed by atoms with E-state index in [9.17, 15) is 19.1 Å². The molecule has 2 amide bonds. The van der Waals surface area contributed by atoms with Gasteiger partial charge in [0.25, 0.3) is 5.91 Å². The second-order valence-electron chi connectivity index (χ2n) is 7.12. The van der Waals surface area contributed by atoms with Crippen molar-refractivity contribution in [1.82, 2.24) is 36.0 Å². The second-order valence-corrected chi connectivity index (χ2v) is 7.56. The second kappa shape index (κ2) is 9.39. The molecule has 1 aliphatic rings. The van der Waals surface area contributed by atoms with Gasteiger partial charge in [0, 0.05) is 18.1 Å². The van der Waals surface area contributed by atoms with Crippen LogP contribution < -0.4 is 10.7 Å². The average Bonchev–Trinajstić information content (AvgIpc) is 3.49. The quantitative estimate of drug-likeness (QED) is 0.500. The third-order valence-corrected chi connectivity index (χ3v) is 5.30. The highest BCUT2D eigenvalue weighted by atomic mass is 35.5. The minimum absolute atomic E-state index is 0.119. The first-order valence-electron chi connectivity index (χ1n) is 9.73. The fraction of sp³-hybridized carbons (Fsp3) is 0.250. The molecule has 3 N–H and O–H groups in total. The van der Waals surface area contributed by atoms with E-state index in [0.29, 0.717) is 29.2 Å². The fourth-order valence-electron chi connectivity index (χ4n) is 3.45. The Bertz CT molecular complexity index is 1110. The molecule has 0 unspecified atom stereocenters. The Labute approximate surface area is 186 Å². The summed E-state index contributed by atoms with van der Waals surface area (Å²) in [5, 5.41) is 25.9. The van der Waals surface area contributed by atoms with Gasteiger partial charge in [-0.25, -0.2) is 14.5 Å². The van der Waals surface area contributed by atoms with Crippen molar-refractivity contribution in [2.24, 2.45) is 0 Å². The number of carbonyl (C=O) groups is 2. The van der Waals surface area contributed by atoms with Crippen molar-refractivity contribution in [3.63, 3.8) is 0 Å². The van der Waals surface area contributed by atoms with Gasteiger partial charge in [0.05, 0.1) is 5.69 Å². The number of benzene rings is 2. The van der Waals surface area contributed by atoms with Gasteiger partial charge in [-0.1, -0.05) is 23.7 Å². The van der Waals surface area contributed by atoms with E-state index < -0.39 is 29.8 Å². The van der Waals surface area contributed by atoms with Gasteiger partial charge >= 0.3 is 0 Å². The van der Waals surface area contributed by atoms with Crippen molar-refractivity contribution < 1.29 is 19.1 Å². The lowest BCUT2D eigenvalue weighted by Gasteiger charge is -2.26. The van der Waals surface area contributed by atoms with Crippen LogP contribution in [0.1, 0.15) is 23.7 Å². The summed E-state index contributed by atoms with van der Waals surface area (Å²) in [5.41, 5.74) is 4.38. The molecule has 1 aromatic heterocycles. The number of hydrogen-bond acceptors (Lipinski definition) is 7. The van der Waals surface area contributed by atoms with Crippen LogP contribution in [0.25, 0.3) is 5.69 Å². The van der Waals surface area contributed by atoms with Crippen LogP contribution in [0.15, 0.2) is 48.8 Å². The number of aromatic nitrogens is 4. The highest BCUT2D eigenvalue weighted by Crippen LogP contribution is 2.21. The molecule has 166 valence electrons. The van der Waals surface area contributed by atoms with E-state index >= 15 is 0 Å². The van der Waals surface area contributed by atoms with E-state index in [2.05, 4.69) is 26.3 Å². The van der Waals surface area contributed by atoms with Crippen LogP contribution in [-0.4, -0.2) is 54.7 Å². The monoisotopic (exact) mass is 459 g/mol. The highest BCUT2D eigenvalue weighted by molar-refractivity contribution is 6.30. The largest absolute Gasteiger partial charge is 0.378 e. The zero-order valence-electron chi connectivity index (χ0n) is 16.7. The molecule has 10 nitrogen and oxygen atoms in total. The molecular formula is C20H19ClFN7O3. The number of tetrazole rings is 1. The number of rotatable bonds is 6. The molecule has 0 spiro atoms. The minimum Gasteiger partial charge on any atom is -0.378 e. The van der Waals surface area contributed by atoms with Gasteiger partial charge in [0.1, 0.15) is 18.2 Å². The van der Waals surface area contributed by atoms with E-state index in [1.165, 1.54) is 23.1 Å². The average molecular weight is 460 g/mol.